The first-order valence-electron chi connectivity index (χ1n) is 7.12. The monoisotopic (exact) mass is 331 g/mol. The van der Waals surface area contributed by atoms with Gasteiger partial charge in [0.2, 0.25) is 0 Å². The second-order valence-electron chi connectivity index (χ2n) is 5.01. The molecular weight excluding hydrogens is 310 g/mol. The van der Waals surface area contributed by atoms with Crippen LogP contribution in [-0.2, 0) is 10.0 Å². The zero-order valence-electron chi connectivity index (χ0n) is 12.0. The standard InChI is InChI=1S/C13H21N3O3S2/c1-2-7-14-13(17)15-11-5-8-16(9-6-11)21(18,19)12-4-3-10-20-12/h3-4,10-11H,2,5-9H2,1H3,(H2,14,15,17). The number of rotatable bonds is 5. The van der Waals surface area contributed by atoms with Gasteiger partial charge in [-0.05, 0) is 30.7 Å². The van der Waals surface area contributed by atoms with Crippen LogP contribution in [0.15, 0.2) is 21.7 Å². The van der Waals surface area contributed by atoms with Crippen LogP contribution in [0.4, 0.5) is 4.79 Å². The fourth-order valence-electron chi connectivity index (χ4n) is 2.25. The number of hydrogen-bond acceptors (Lipinski definition) is 4. The fourth-order valence-corrected chi connectivity index (χ4v) is 4.87. The third-order valence-corrected chi connectivity index (χ3v) is 6.69. The van der Waals surface area contributed by atoms with Gasteiger partial charge < -0.3 is 10.6 Å². The van der Waals surface area contributed by atoms with Crippen molar-refractivity contribution in [2.75, 3.05) is 19.6 Å². The van der Waals surface area contributed by atoms with E-state index >= 15 is 0 Å². The first-order chi connectivity index (χ1) is 10.0. The first kappa shape index (κ1) is 16.3. The molecule has 21 heavy (non-hydrogen) atoms. The molecule has 1 aromatic heterocycles. The molecule has 8 heteroatoms. The summed E-state index contributed by atoms with van der Waals surface area (Å²) in [5.41, 5.74) is 0. The van der Waals surface area contributed by atoms with Gasteiger partial charge in [-0.25, -0.2) is 13.2 Å². The molecule has 2 heterocycles. The SMILES string of the molecule is CCCNC(=O)NC1CCN(S(=O)(=O)c2cccs2)CC1. The van der Waals surface area contributed by atoms with Gasteiger partial charge in [-0.2, -0.15) is 4.31 Å². The topological polar surface area (TPSA) is 78.5 Å². The van der Waals surface area contributed by atoms with Crippen molar-refractivity contribution in [3.63, 3.8) is 0 Å². The number of carbonyl (C=O) groups is 1. The van der Waals surface area contributed by atoms with Crippen LogP contribution in [0.3, 0.4) is 0 Å². The third kappa shape index (κ3) is 4.18. The maximum Gasteiger partial charge on any atom is 0.315 e. The zero-order chi connectivity index (χ0) is 15.3. The van der Waals surface area contributed by atoms with Crippen LogP contribution in [0, 0.1) is 0 Å². The van der Waals surface area contributed by atoms with Crippen molar-refractivity contribution < 1.29 is 13.2 Å². The molecule has 0 bridgehead atoms. The maximum atomic E-state index is 12.4. The van der Waals surface area contributed by atoms with Gasteiger partial charge in [0.15, 0.2) is 0 Å². The van der Waals surface area contributed by atoms with Crippen molar-refractivity contribution in [3.8, 4) is 0 Å². The van der Waals surface area contributed by atoms with Crippen LogP contribution >= 0.6 is 11.3 Å². The van der Waals surface area contributed by atoms with Gasteiger partial charge in [0, 0.05) is 25.7 Å². The smallest absolute Gasteiger partial charge is 0.315 e. The molecule has 2 amide bonds. The second kappa shape index (κ2) is 7.24. The molecule has 1 aromatic rings. The van der Waals surface area contributed by atoms with Crippen LogP contribution < -0.4 is 10.6 Å². The van der Waals surface area contributed by atoms with E-state index in [1.807, 2.05) is 6.92 Å². The van der Waals surface area contributed by atoms with E-state index in [1.54, 1.807) is 17.5 Å². The third-order valence-electron chi connectivity index (χ3n) is 3.41. The maximum absolute atomic E-state index is 12.4. The molecule has 0 saturated carbocycles. The van der Waals surface area contributed by atoms with Gasteiger partial charge >= 0.3 is 6.03 Å². The number of sulfonamides is 1. The van der Waals surface area contributed by atoms with Gasteiger partial charge in [-0.15, -0.1) is 11.3 Å². The Morgan fingerprint density at radius 2 is 2.14 bits per heavy atom. The fraction of sp³-hybridized carbons (Fsp3) is 0.615. The van der Waals surface area contributed by atoms with E-state index in [4.69, 9.17) is 0 Å². The molecular formula is C13H21N3O3S2. The predicted molar refractivity (Wildman–Crippen MR) is 82.9 cm³/mol. The highest BCUT2D eigenvalue weighted by atomic mass is 32.2. The van der Waals surface area contributed by atoms with E-state index in [-0.39, 0.29) is 12.1 Å². The predicted octanol–water partition coefficient (Wildman–Crippen LogP) is 1.61. The van der Waals surface area contributed by atoms with E-state index in [2.05, 4.69) is 10.6 Å². The number of carbonyl (C=O) groups excluding carboxylic acids is 1. The Kier molecular flexibility index (Phi) is 5.60. The summed E-state index contributed by atoms with van der Waals surface area (Å²) >= 11 is 1.23. The van der Waals surface area contributed by atoms with Crippen LogP contribution in [0.1, 0.15) is 26.2 Å². The number of thiophene rings is 1. The molecule has 1 saturated heterocycles. The molecule has 1 aliphatic rings. The lowest BCUT2D eigenvalue weighted by atomic mass is 10.1. The lowest BCUT2D eigenvalue weighted by Gasteiger charge is -2.31. The zero-order valence-corrected chi connectivity index (χ0v) is 13.7. The number of nitrogens with one attached hydrogen (secondary N) is 2. The molecule has 2 rings (SSSR count). The van der Waals surface area contributed by atoms with Gasteiger partial charge in [-0.1, -0.05) is 13.0 Å². The van der Waals surface area contributed by atoms with Crippen LogP contribution in [0.2, 0.25) is 0 Å². The van der Waals surface area contributed by atoms with Crippen molar-refractivity contribution in [2.24, 2.45) is 0 Å². The van der Waals surface area contributed by atoms with E-state index in [1.165, 1.54) is 15.6 Å². The number of urea groups is 1. The average molecular weight is 331 g/mol. The summed E-state index contributed by atoms with van der Waals surface area (Å²) in [4.78, 5) is 11.6. The van der Waals surface area contributed by atoms with Crippen molar-refractivity contribution in [1.29, 1.82) is 0 Å². The molecule has 1 aliphatic heterocycles. The Balaban J connectivity index is 1.85. The molecule has 0 aromatic carbocycles. The van der Waals surface area contributed by atoms with Crippen LogP contribution in [0.25, 0.3) is 0 Å². The Hall–Kier alpha value is -1.12. The summed E-state index contributed by atoms with van der Waals surface area (Å²) < 4.78 is 26.6. The average Bonchev–Trinajstić information content (AvgIpc) is 3.00. The quantitative estimate of drug-likeness (QED) is 0.860. The first-order valence-corrected chi connectivity index (χ1v) is 9.44. The Morgan fingerprint density at radius 3 is 2.71 bits per heavy atom. The number of hydrogen-bond donors (Lipinski definition) is 2. The molecule has 0 unspecified atom stereocenters. The molecule has 0 aliphatic carbocycles. The minimum atomic E-state index is -3.36. The molecule has 0 spiro atoms. The summed E-state index contributed by atoms with van der Waals surface area (Å²) in [7, 11) is -3.36. The molecule has 2 N–H and O–H groups in total. The summed E-state index contributed by atoms with van der Waals surface area (Å²) in [6.07, 6.45) is 2.18. The minimum absolute atomic E-state index is 0.0386. The van der Waals surface area contributed by atoms with Crippen molar-refractivity contribution in [3.05, 3.63) is 17.5 Å². The Morgan fingerprint density at radius 1 is 1.43 bits per heavy atom. The highest BCUT2D eigenvalue weighted by Crippen LogP contribution is 2.24. The van der Waals surface area contributed by atoms with Crippen molar-refractivity contribution in [1.82, 2.24) is 14.9 Å². The summed E-state index contributed by atoms with van der Waals surface area (Å²) in [5, 5.41) is 7.42. The summed E-state index contributed by atoms with van der Waals surface area (Å²) in [5.74, 6) is 0. The lowest BCUT2D eigenvalue weighted by Crippen LogP contribution is -2.49. The normalized spacial score (nSPS) is 17.6. The molecule has 0 atom stereocenters. The summed E-state index contributed by atoms with van der Waals surface area (Å²) in [6.45, 7) is 3.53. The van der Waals surface area contributed by atoms with E-state index in [0.717, 1.165) is 6.42 Å². The van der Waals surface area contributed by atoms with Gasteiger partial charge in [-0.3, -0.25) is 0 Å². The summed E-state index contributed by atoms with van der Waals surface area (Å²) in [6, 6.07) is 3.24. The lowest BCUT2D eigenvalue weighted by molar-refractivity contribution is 0.227. The van der Waals surface area contributed by atoms with Crippen LogP contribution in [-0.4, -0.2) is 44.4 Å². The van der Waals surface area contributed by atoms with Crippen molar-refractivity contribution >= 4 is 27.4 Å². The molecule has 1 fully saturated rings. The van der Waals surface area contributed by atoms with Crippen molar-refractivity contribution in [2.45, 2.75) is 36.4 Å². The number of nitrogens with zero attached hydrogens (tertiary/aromatic N) is 1. The van der Waals surface area contributed by atoms with E-state index < -0.39 is 10.0 Å². The molecule has 6 nitrogen and oxygen atoms in total. The second-order valence-corrected chi connectivity index (χ2v) is 8.12. The minimum Gasteiger partial charge on any atom is -0.338 e. The highest BCUT2D eigenvalue weighted by Gasteiger charge is 2.30. The van der Waals surface area contributed by atoms with E-state index in [9.17, 15) is 13.2 Å². The van der Waals surface area contributed by atoms with E-state index in [0.29, 0.717) is 36.7 Å². The molecule has 118 valence electrons. The van der Waals surface area contributed by atoms with Gasteiger partial charge in [0.25, 0.3) is 10.0 Å². The highest BCUT2D eigenvalue weighted by molar-refractivity contribution is 7.91. The number of amides is 2. The van der Waals surface area contributed by atoms with Gasteiger partial charge in [0.05, 0.1) is 0 Å². The largest absolute Gasteiger partial charge is 0.338 e. The van der Waals surface area contributed by atoms with Gasteiger partial charge in [0.1, 0.15) is 4.21 Å². The molecule has 0 radical (unpaired) electrons. The Labute approximate surface area is 129 Å². The number of piperidine rings is 1. The Bertz CT molecular complexity index is 549. The van der Waals surface area contributed by atoms with Crippen LogP contribution in [0.5, 0.6) is 0 Å².